The first-order chi connectivity index (χ1) is 12.6. The van der Waals surface area contributed by atoms with Crippen molar-refractivity contribution in [1.82, 2.24) is 15.3 Å². The maximum absolute atomic E-state index is 12.3. The van der Waals surface area contributed by atoms with Gasteiger partial charge in [0.15, 0.2) is 0 Å². The number of hydrogen-bond acceptors (Lipinski definition) is 4. The fourth-order valence-electron chi connectivity index (χ4n) is 2.22. The zero-order valence-corrected chi connectivity index (χ0v) is 14.4. The van der Waals surface area contributed by atoms with Gasteiger partial charge < -0.3 is 10.6 Å². The van der Waals surface area contributed by atoms with Gasteiger partial charge in [-0.25, -0.2) is 0 Å². The van der Waals surface area contributed by atoms with Crippen molar-refractivity contribution in [3.05, 3.63) is 89.0 Å². The van der Waals surface area contributed by atoms with Gasteiger partial charge in [0.2, 0.25) is 0 Å². The molecule has 3 rings (SSSR count). The van der Waals surface area contributed by atoms with Gasteiger partial charge in [-0.3, -0.25) is 19.6 Å². The largest absolute Gasteiger partial charge is 0.346 e. The molecule has 0 saturated carbocycles. The van der Waals surface area contributed by atoms with Crippen molar-refractivity contribution >= 4 is 29.1 Å². The zero-order chi connectivity index (χ0) is 18.4. The Kier molecular flexibility index (Phi) is 5.56. The third-order valence-electron chi connectivity index (χ3n) is 3.53. The average molecular weight is 367 g/mol. The number of halogens is 1. The summed E-state index contributed by atoms with van der Waals surface area (Å²) in [5.41, 5.74) is 1.67. The Bertz CT molecular complexity index is 932. The summed E-state index contributed by atoms with van der Waals surface area (Å²) >= 11 is 6.03. The summed E-state index contributed by atoms with van der Waals surface area (Å²) in [6.45, 7) is 0.295. The van der Waals surface area contributed by atoms with E-state index in [0.29, 0.717) is 22.8 Å². The van der Waals surface area contributed by atoms with Crippen LogP contribution < -0.4 is 10.6 Å². The first-order valence-corrected chi connectivity index (χ1v) is 8.21. The molecule has 0 aliphatic rings. The van der Waals surface area contributed by atoms with Crippen LogP contribution in [0.5, 0.6) is 0 Å². The highest BCUT2D eigenvalue weighted by atomic mass is 35.5. The molecule has 26 heavy (non-hydrogen) atoms. The van der Waals surface area contributed by atoms with Gasteiger partial charge in [-0.2, -0.15) is 0 Å². The average Bonchev–Trinajstić information content (AvgIpc) is 2.69. The van der Waals surface area contributed by atoms with Gasteiger partial charge in [0.1, 0.15) is 5.69 Å². The van der Waals surface area contributed by atoms with E-state index in [2.05, 4.69) is 20.6 Å². The van der Waals surface area contributed by atoms with E-state index in [0.717, 1.165) is 5.69 Å². The van der Waals surface area contributed by atoms with Crippen LogP contribution in [0.15, 0.2) is 67.0 Å². The molecule has 1 aromatic carbocycles. The van der Waals surface area contributed by atoms with E-state index in [1.807, 2.05) is 12.1 Å². The molecule has 7 heteroatoms. The van der Waals surface area contributed by atoms with Gasteiger partial charge in [-0.15, -0.1) is 0 Å². The minimum absolute atomic E-state index is 0.121. The third-order valence-corrected chi connectivity index (χ3v) is 3.86. The number of benzene rings is 1. The molecule has 2 amide bonds. The molecule has 0 radical (unpaired) electrons. The lowest BCUT2D eigenvalue weighted by Gasteiger charge is -2.08. The quantitative estimate of drug-likeness (QED) is 0.725. The standard InChI is InChI=1S/C19H15ClN4O2/c20-15-6-1-2-7-16(15)24-19(26)17-11-13(8-10-22-17)18(25)23-12-14-5-3-4-9-21-14/h1-11H,12H2,(H,23,25)(H,24,26). The molecular weight excluding hydrogens is 352 g/mol. The minimum atomic E-state index is -0.447. The van der Waals surface area contributed by atoms with Crippen LogP contribution in [0.1, 0.15) is 26.5 Å². The molecule has 0 fully saturated rings. The Morgan fingerprint density at radius 1 is 0.923 bits per heavy atom. The van der Waals surface area contributed by atoms with Crippen molar-refractivity contribution in [3.63, 3.8) is 0 Å². The lowest BCUT2D eigenvalue weighted by molar-refractivity contribution is 0.0950. The van der Waals surface area contributed by atoms with Crippen molar-refractivity contribution in [2.75, 3.05) is 5.32 Å². The van der Waals surface area contributed by atoms with Crippen molar-refractivity contribution in [2.45, 2.75) is 6.54 Å². The van der Waals surface area contributed by atoms with Crippen LogP contribution in [0.25, 0.3) is 0 Å². The molecule has 6 nitrogen and oxygen atoms in total. The van der Waals surface area contributed by atoms with Gasteiger partial charge in [0.05, 0.1) is 22.9 Å². The van der Waals surface area contributed by atoms with E-state index in [1.54, 1.807) is 42.6 Å². The number of aromatic nitrogens is 2. The second kappa shape index (κ2) is 8.22. The Balaban J connectivity index is 1.68. The Hall–Kier alpha value is -3.25. The lowest BCUT2D eigenvalue weighted by Crippen LogP contribution is -2.24. The summed E-state index contributed by atoms with van der Waals surface area (Å²) in [6, 6.07) is 15.3. The van der Waals surface area contributed by atoms with Crippen molar-refractivity contribution < 1.29 is 9.59 Å². The third kappa shape index (κ3) is 4.43. The fourth-order valence-corrected chi connectivity index (χ4v) is 2.40. The summed E-state index contributed by atoms with van der Waals surface area (Å²) in [4.78, 5) is 32.8. The molecule has 0 aliphatic carbocycles. The topological polar surface area (TPSA) is 84.0 Å². The van der Waals surface area contributed by atoms with Crippen LogP contribution in [-0.2, 0) is 6.54 Å². The van der Waals surface area contributed by atoms with E-state index >= 15 is 0 Å². The predicted octanol–water partition coefficient (Wildman–Crippen LogP) is 3.31. The Morgan fingerprint density at radius 3 is 2.50 bits per heavy atom. The highest BCUT2D eigenvalue weighted by Gasteiger charge is 2.13. The number of nitrogens with one attached hydrogen (secondary N) is 2. The second-order valence-electron chi connectivity index (χ2n) is 5.37. The van der Waals surface area contributed by atoms with Crippen LogP contribution in [0, 0.1) is 0 Å². The highest BCUT2D eigenvalue weighted by molar-refractivity contribution is 6.33. The molecule has 0 saturated heterocycles. The molecule has 0 atom stereocenters. The highest BCUT2D eigenvalue weighted by Crippen LogP contribution is 2.21. The van der Waals surface area contributed by atoms with Crippen LogP contribution in [0.3, 0.4) is 0 Å². The van der Waals surface area contributed by atoms with Gasteiger partial charge in [0, 0.05) is 18.0 Å². The maximum Gasteiger partial charge on any atom is 0.274 e. The number of amides is 2. The number of nitrogens with zero attached hydrogens (tertiary/aromatic N) is 2. The molecule has 0 aliphatic heterocycles. The van der Waals surface area contributed by atoms with Gasteiger partial charge in [0.25, 0.3) is 11.8 Å². The summed E-state index contributed by atoms with van der Waals surface area (Å²) in [7, 11) is 0. The normalized spacial score (nSPS) is 10.2. The van der Waals surface area contributed by atoms with Crippen LogP contribution in [0.4, 0.5) is 5.69 Å². The molecule has 2 aromatic heterocycles. The van der Waals surface area contributed by atoms with E-state index in [1.165, 1.54) is 12.3 Å². The van der Waals surface area contributed by atoms with Crippen LogP contribution in [-0.4, -0.2) is 21.8 Å². The molecule has 0 spiro atoms. The molecule has 0 unspecified atom stereocenters. The molecule has 0 bridgehead atoms. The smallest absolute Gasteiger partial charge is 0.274 e. The van der Waals surface area contributed by atoms with Crippen molar-refractivity contribution in [3.8, 4) is 0 Å². The van der Waals surface area contributed by atoms with E-state index in [9.17, 15) is 9.59 Å². The van der Waals surface area contributed by atoms with Gasteiger partial charge in [-0.1, -0.05) is 29.8 Å². The van der Waals surface area contributed by atoms with Crippen molar-refractivity contribution in [2.24, 2.45) is 0 Å². The second-order valence-corrected chi connectivity index (χ2v) is 5.77. The summed E-state index contributed by atoms with van der Waals surface area (Å²) in [6.07, 6.45) is 3.07. The van der Waals surface area contributed by atoms with Crippen LogP contribution >= 0.6 is 11.6 Å². The summed E-state index contributed by atoms with van der Waals surface area (Å²) < 4.78 is 0. The van der Waals surface area contributed by atoms with E-state index in [4.69, 9.17) is 11.6 Å². The zero-order valence-electron chi connectivity index (χ0n) is 13.6. The van der Waals surface area contributed by atoms with Crippen LogP contribution in [0.2, 0.25) is 5.02 Å². The first-order valence-electron chi connectivity index (χ1n) is 7.83. The van der Waals surface area contributed by atoms with Crippen molar-refractivity contribution in [1.29, 1.82) is 0 Å². The number of rotatable bonds is 5. The number of para-hydroxylation sites is 1. The molecular formula is C19H15ClN4O2. The molecule has 2 N–H and O–H groups in total. The van der Waals surface area contributed by atoms with E-state index < -0.39 is 5.91 Å². The first kappa shape index (κ1) is 17.6. The molecule has 3 aromatic rings. The monoisotopic (exact) mass is 366 g/mol. The molecule has 2 heterocycles. The number of carbonyl (C=O) groups is 2. The predicted molar refractivity (Wildman–Crippen MR) is 99.0 cm³/mol. The summed E-state index contributed by atoms with van der Waals surface area (Å²) in [5.74, 6) is -0.762. The van der Waals surface area contributed by atoms with Gasteiger partial charge >= 0.3 is 0 Å². The lowest BCUT2D eigenvalue weighted by atomic mass is 10.2. The fraction of sp³-hybridized carbons (Fsp3) is 0.0526. The van der Waals surface area contributed by atoms with E-state index in [-0.39, 0.29) is 11.6 Å². The number of pyridine rings is 2. The number of anilines is 1. The number of hydrogen-bond donors (Lipinski definition) is 2. The number of carbonyl (C=O) groups excluding carboxylic acids is 2. The SMILES string of the molecule is O=C(NCc1ccccn1)c1ccnc(C(=O)Nc2ccccc2Cl)c1. The maximum atomic E-state index is 12.3. The minimum Gasteiger partial charge on any atom is -0.346 e. The molecule has 130 valence electrons. The Morgan fingerprint density at radius 2 is 1.73 bits per heavy atom. The summed E-state index contributed by atoms with van der Waals surface area (Å²) in [5, 5.41) is 5.85. The van der Waals surface area contributed by atoms with Gasteiger partial charge in [-0.05, 0) is 36.4 Å². The Labute approximate surface area is 155 Å².